The summed E-state index contributed by atoms with van der Waals surface area (Å²) in [7, 11) is 2.09. The molecule has 0 fully saturated rings. The lowest BCUT2D eigenvalue weighted by Gasteiger charge is -2.33. The lowest BCUT2D eigenvalue weighted by molar-refractivity contribution is 0.0166. The number of benzene rings is 2. The maximum absolute atomic E-state index is 9.75. The van der Waals surface area contributed by atoms with E-state index in [0.29, 0.717) is 75.0 Å². The molecule has 0 saturated heterocycles. The zero-order valence-corrected chi connectivity index (χ0v) is 22.2. The van der Waals surface area contributed by atoms with Gasteiger partial charge in [0.2, 0.25) is 0 Å². The maximum Gasteiger partial charge on any atom is 0.128 e. The number of halogens is 2. The molecule has 0 unspecified atom stereocenters. The summed E-state index contributed by atoms with van der Waals surface area (Å²) in [4.78, 5) is 2.26. The average Bonchev–Trinajstić information content (AvgIpc) is 2.85. The SMILES string of the molecule is CN1Cc2c(Cl)cc(Cl)cc2[C@@H](c2ccc(N(NCCOCCOCCOCCN)SO)cc2)C1. The van der Waals surface area contributed by atoms with Gasteiger partial charge in [0.15, 0.2) is 0 Å². The smallest absolute Gasteiger partial charge is 0.128 e. The second-order valence-electron chi connectivity index (χ2n) is 8.21. The van der Waals surface area contributed by atoms with E-state index in [9.17, 15) is 4.55 Å². The van der Waals surface area contributed by atoms with Crippen molar-refractivity contribution in [3.63, 3.8) is 0 Å². The molecule has 0 saturated carbocycles. The molecule has 2 aromatic rings. The topological polar surface area (TPSA) is 92.5 Å². The number of nitrogens with zero attached hydrogens (tertiary/aromatic N) is 2. The molecule has 0 bridgehead atoms. The van der Waals surface area contributed by atoms with E-state index < -0.39 is 0 Å². The Labute approximate surface area is 221 Å². The van der Waals surface area contributed by atoms with Crippen LogP contribution in [-0.4, -0.2) is 75.8 Å². The minimum Gasteiger partial charge on any atom is -0.378 e. The van der Waals surface area contributed by atoms with Crippen molar-refractivity contribution < 1.29 is 18.8 Å². The molecule has 1 aliphatic rings. The van der Waals surface area contributed by atoms with Crippen LogP contribution >= 0.6 is 35.4 Å². The van der Waals surface area contributed by atoms with Crippen LogP contribution in [0.25, 0.3) is 0 Å². The lowest BCUT2D eigenvalue weighted by atomic mass is 9.85. The fourth-order valence-electron chi connectivity index (χ4n) is 3.98. The van der Waals surface area contributed by atoms with Crippen LogP contribution in [0.2, 0.25) is 10.0 Å². The molecule has 3 rings (SSSR count). The van der Waals surface area contributed by atoms with Crippen molar-refractivity contribution in [1.82, 2.24) is 10.3 Å². The highest BCUT2D eigenvalue weighted by Gasteiger charge is 2.27. The Balaban J connectivity index is 1.47. The molecule has 4 N–H and O–H groups in total. The average molecular weight is 546 g/mol. The number of hydrazine groups is 1. The minimum atomic E-state index is 0.167. The number of rotatable bonds is 15. The van der Waals surface area contributed by atoms with Crippen LogP contribution in [0.3, 0.4) is 0 Å². The summed E-state index contributed by atoms with van der Waals surface area (Å²) >= 11 is 13.4. The first kappa shape index (κ1) is 28.5. The first-order valence-electron chi connectivity index (χ1n) is 11.6. The van der Waals surface area contributed by atoms with Crippen LogP contribution in [0.15, 0.2) is 36.4 Å². The molecule has 0 spiro atoms. The standard InChI is InChI=1S/C24H34Cl2N4O4S/c1-29-16-22(21-14-19(25)15-24(26)23(21)17-29)18-2-4-20(5-3-18)30(35-31)28-7-9-33-11-13-34-12-10-32-8-6-27/h2-5,14-15,22,28,31H,6-13,16-17,27H2,1H3/t22-/m1/s1. The number of ether oxygens (including phenoxy) is 3. The maximum atomic E-state index is 9.75. The van der Waals surface area contributed by atoms with Crippen LogP contribution in [0.1, 0.15) is 22.6 Å². The number of fused-ring (bicyclic) bond motifs is 1. The van der Waals surface area contributed by atoms with Crippen LogP contribution in [0.5, 0.6) is 0 Å². The Morgan fingerprint density at radius 1 is 1.06 bits per heavy atom. The molecule has 0 radical (unpaired) electrons. The Morgan fingerprint density at radius 3 is 2.37 bits per heavy atom. The van der Waals surface area contributed by atoms with E-state index in [4.69, 9.17) is 43.1 Å². The summed E-state index contributed by atoms with van der Waals surface area (Å²) in [5, 5.41) is 1.36. The van der Waals surface area contributed by atoms with E-state index in [1.807, 2.05) is 18.2 Å². The van der Waals surface area contributed by atoms with Crippen molar-refractivity contribution >= 4 is 41.1 Å². The van der Waals surface area contributed by atoms with Gasteiger partial charge in [-0.2, -0.15) is 0 Å². The molecule has 2 aromatic carbocycles. The van der Waals surface area contributed by atoms with Gasteiger partial charge in [-0.25, -0.2) is 9.84 Å². The van der Waals surface area contributed by atoms with E-state index in [-0.39, 0.29) is 5.92 Å². The Kier molecular flexibility index (Phi) is 12.4. The van der Waals surface area contributed by atoms with Crippen LogP contribution in [0, 0.1) is 0 Å². The number of nitrogens with one attached hydrogen (secondary N) is 1. The molecule has 1 atom stereocenters. The van der Waals surface area contributed by atoms with E-state index >= 15 is 0 Å². The van der Waals surface area contributed by atoms with Gasteiger partial charge in [0.05, 0.1) is 45.3 Å². The van der Waals surface area contributed by atoms with E-state index in [2.05, 4.69) is 29.5 Å². The fourth-order valence-corrected chi connectivity index (χ4v) is 4.92. The zero-order valence-electron chi connectivity index (χ0n) is 19.9. The Hall–Kier alpha value is -1.11. The van der Waals surface area contributed by atoms with Gasteiger partial charge >= 0.3 is 0 Å². The minimum absolute atomic E-state index is 0.167. The number of nitrogens with two attached hydrogens (primary N) is 1. The summed E-state index contributed by atoms with van der Waals surface area (Å²) in [5.41, 5.74) is 12.8. The van der Waals surface area contributed by atoms with E-state index in [1.165, 1.54) is 11.1 Å². The molecular formula is C24H34Cl2N4O4S. The largest absolute Gasteiger partial charge is 0.378 e. The first-order valence-corrected chi connectivity index (χ1v) is 13.1. The first-order chi connectivity index (χ1) is 17.0. The van der Waals surface area contributed by atoms with Gasteiger partial charge in [-0.1, -0.05) is 35.3 Å². The predicted molar refractivity (Wildman–Crippen MR) is 143 cm³/mol. The van der Waals surface area contributed by atoms with Gasteiger partial charge in [-0.3, -0.25) is 0 Å². The molecule has 1 heterocycles. The molecule has 0 aromatic heterocycles. The number of likely N-dealkylation sites (N-methyl/N-ethyl adjacent to an activating group) is 1. The molecule has 0 amide bonds. The molecule has 11 heteroatoms. The lowest BCUT2D eigenvalue weighted by Crippen LogP contribution is -2.35. The third kappa shape index (κ3) is 8.75. The molecule has 1 aliphatic heterocycles. The third-order valence-electron chi connectivity index (χ3n) is 5.61. The Morgan fingerprint density at radius 2 is 1.71 bits per heavy atom. The van der Waals surface area contributed by atoms with E-state index in [0.717, 1.165) is 24.3 Å². The summed E-state index contributed by atoms with van der Waals surface area (Å²) in [5.74, 6) is 0.167. The highest BCUT2D eigenvalue weighted by molar-refractivity contribution is 7.95. The van der Waals surface area contributed by atoms with Gasteiger partial charge in [-0.15, -0.1) is 0 Å². The number of hydrogen-bond acceptors (Lipinski definition) is 9. The van der Waals surface area contributed by atoms with Crippen molar-refractivity contribution in [2.75, 3.05) is 70.7 Å². The van der Waals surface area contributed by atoms with Gasteiger partial charge in [0.25, 0.3) is 0 Å². The van der Waals surface area contributed by atoms with Crippen molar-refractivity contribution in [1.29, 1.82) is 0 Å². The molecular weight excluding hydrogens is 511 g/mol. The number of anilines is 1. The normalized spacial score (nSPS) is 15.9. The fraction of sp³-hybridized carbons (Fsp3) is 0.500. The highest BCUT2D eigenvalue weighted by Crippen LogP contribution is 2.38. The highest BCUT2D eigenvalue weighted by atomic mass is 35.5. The molecule has 8 nitrogen and oxygen atoms in total. The second-order valence-corrected chi connectivity index (χ2v) is 9.58. The van der Waals surface area contributed by atoms with Gasteiger partial charge in [0, 0.05) is 42.1 Å². The zero-order chi connectivity index (χ0) is 25.0. The summed E-state index contributed by atoms with van der Waals surface area (Å²) in [6, 6.07) is 11.9. The van der Waals surface area contributed by atoms with E-state index in [1.54, 1.807) is 10.5 Å². The molecule has 0 aliphatic carbocycles. The summed E-state index contributed by atoms with van der Waals surface area (Å²) in [6.07, 6.45) is 0. The predicted octanol–water partition coefficient (Wildman–Crippen LogP) is 4.01. The summed E-state index contributed by atoms with van der Waals surface area (Å²) in [6.45, 7) is 5.80. The van der Waals surface area contributed by atoms with Crippen molar-refractivity contribution in [3.05, 3.63) is 63.1 Å². The third-order valence-corrected chi connectivity index (χ3v) is 6.67. The van der Waals surface area contributed by atoms with Crippen molar-refractivity contribution in [2.45, 2.75) is 12.5 Å². The van der Waals surface area contributed by atoms with Crippen LogP contribution < -0.4 is 15.6 Å². The number of hydrogen-bond donors (Lipinski definition) is 3. The molecule has 194 valence electrons. The molecule has 35 heavy (non-hydrogen) atoms. The summed E-state index contributed by atoms with van der Waals surface area (Å²) < 4.78 is 27.6. The van der Waals surface area contributed by atoms with Crippen LogP contribution in [0.4, 0.5) is 5.69 Å². The quantitative estimate of drug-likeness (QED) is 0.133. The van der Waals surface area contributed by atoms with Gasteiger partial charge < -0.3 is 29.4 Å². The van der Waals surface area contributed by atoms with Gasteiger partial charge in [-0.05, 0) is 48.0 Å². The second kappa shape index (κ2) is 15.2. The van der Waals surface area contributed by atoms with Crippen molar-refractivity contribution in [2.24, 2.45) is 5.73 Å². The monoisotopic (exact) mass is 544 g/mol. The Bertz CT molecular complexity index is 910. The van der Waals surface area contributed by atoms with Crippen LogP contribution in [-0.2, 0) is 20.8 Å². The van der Waals surface area contributed by atoms with Gasteiger partial charge in [0.1, 0.15) is 12.2 Å². The van der Waals surface area contributed by atoms with Crippen molar-refractivity contribution in [3.8, 4) is 0 Å².